The number of aryl methyl sites for hydroxylation is 1. The molecule has 0 saturated carbocycles. The Morgan fingerprint density at radius 3 is 2.90 bits per heavy atom. The van der Waals surface area contributed by atoms with Crippen molar-refractivity contribution in [1.82, 2.24) is 9.88 Å². The van der Waals surface area contributed by atoms with Crippen LogP contribution in [0.2, 0.25) is 0 Å². The molecule has 4 rings (SSSR count). The lowest BCUT2D eigenvalue weighted by Gasteiger charge is -2.32. The van der Waals surface area contributed by atoms with Crippen molar-refractivity contribution < 1.29 is 14.3 Å². The molecule has 1 atom stereocenters. The molecule has 6 nitrogen and oxygen atoms in total. The van der Waals surface area contributed by atoms with Crippen LogP contribution < -0.4 is 9.64 Å². The van der Waals surface area contributed by atoms with Crippen LogP contribution in [-0.4, -0.2) is 47.9 Å². The molecule has 3 heterocycles. The molecule has 0 N–H and O–H groups in total. The minimum absolute atomic E-state index is 0.000468. The molecule has 0 aliphatic carbocycles. The molecule has 2 aromatic rings. The summed E-state index contributed by atoms with van der Waals surface area (Å²) in [5.74, 6) is 1.07. The van der Waals surface area contributed by atoms with E-state index in [0.717, 1.165) is 48.4 Å². The standard InChI is InChI=1S/C23H27N3O3/c1-3-22(27)26-10-4-5-19(15-26)29-20-12-18(13-24-14-20)16-6-8-21-17(11-16)7-9-23(28)25(21)2/h6,8,11-14,19H,3-5,7,9-10,15H2,1-2H3. The van der Waals surface area contributed by atoms with Crippen LogP contribution in [-0.2, 0) is 16.0 Å². The number of ether oxygens (including phenoxy) is 1. The number of aromatic nitrogens is 1. The van der Waals surface area contributed by atoms with Crippen LogP contribution in [0.15, 0.2) is 36.7 Å². The minimum Gasteiger partial charge on any atom is -0.487 e. The summed E-state index contributed by atoms with van der Waals surface area (Å²) in [7, 11) is 1.83. The van der Waals surface area contributed by atoms with Crippen molar-refractivity contribution in [3.8, 4) is 16.9 Å². The van der Waals surface area contributed by atoms with Gasteiger partial charge in [0, 0.05) is 43.9 Å². The molecule has 2 amide bonds. The first-order valence-electron chi connectivity index (χ1n) is 10.3. The van der Waals surface area contributed by atoms with Crippen molar-refractivity contribution in [1.29, 1.82) is 0 Å². The van der Waals surface area contributed by atoms with Gasteiger partial charge in [-0.15, -0.1) is 0 Å². The van der Waals surface area contributed by atoms with Gasteiger partial charge in [-0.3, -0.25) is 14.6 Å². The first kappa shape index (κ1) is 19.4. The molecule has 2 aliphatic rings. The van der Waals surface area contributed by atoms with E-state index in [-0.39, 0.29) is 17.9 Å². The summed E-state index contributed by atoms with van der Waals surface area (Å²) in [6, 6.07) is 8.18. The smallest absolute Gasteiger partial charge is 0.227 e. The van der Waals surface area contributed by atoms with Gasteiger partial charge in [0.1, 0.15) is 11.9 Å². The highest BCUT2D eigenvalue weighted by Crippen LogP contribution is 2.32. The van der Waals surface area contributed by atoms with Crippen molar-refractivity contribution in [3.63, 3.8) is 0 Å². The predicted octanol–water partition coefficient (Wildman–Crippen LogP) is 3.44. The number of hydrogen-bond donors (Lipinski definition) is 0. The number of carbonyl (C=O) groups is 2. The van der Waals surface area contributed by atoms with Crippen LogP contribution >= 0.6 is 0 Å². The molecule has 2 aliphatic heterocycles. The minimum atomic E-state index is -0.000468. The first-order valence-corrected chi connectivity index (χ1v) is 10.3. The van der Waals surface area contributed by atoms with Crippen molar-refractivity contribution in [2.45, 2.75) is 45.1 Å². The van der Waals surface area contributed by atoms with Gasteiger partial charge in [-0.2, -0.15) is 0 Å². The molecule has 1 aromatic carbocycles. The third-order valence-corrected chi connectivity index (χ3v) is 5.81. The van der Waals surface area contributed by atoms with Crippen molar-refractivity contribution >= 4 is 17.5 Å². The number of nitrogens with zero attached hydrogens (tertiary/aromatic N) is 3. The highest BCUT2D eigenvalue weighted by Gasteiger charge is 2.24. The molecule has 0 bridgehead atoms. The summed E-state index contributed by atoms with van der Waals surface area (Å²) in [6.07, 6.45) is 7.30. The number of hydrogen-bond acceptors (Lipinski definition) is 4. The zero-order valence-electron chi connectivity index (χ0n) is 17.1. The molecule has 152 valence electrons. The molecule has 6 heteroatoms. The Labute approximate surface area is 171 Å². The normalized spacial score (nSPS) is 19.1. The zero-order chi connectivity index (χ0) is 20.4. The maximum absolute atomic E-state index is 12.0. The number of amides is 2. The van der Waals surface area contributed by atoms with Gasteiger partial charge in [0.25, 0.3) is 0 Å². The third-order valence-electron chi connectivity index (χ3n) is 5.81. The Bertz CT molecular complexity index is 927. The van der Waals surface area contributed by atoms with E-state index in [9.17, 15) is 9.59 Å². The summed E-state index contributed by atoms with van der Waals surface area (Å²) in [4.78, 5) is 31.9. The molecule has 29 heavy (non-hydrogen) atoms. The molecule has 1 fully saturated rings. The second-order valence-electron chi connectivity index (χ2n) is 7.78. The quantitative estimate of drug-likeness (QED) is 0.798. The van der Waals surface area contributed by atoms with Crippen LogP contribution in [0.1, 0.15) is 38.2 Å². The lowest BCUT2D eigenvalue weighted by Crippen LogP contribution is -2.44. The van der Waals surface area contributed by atoms with E-state index in [0.29, 0.717) is 19.4 Å². The zero-order valence-corrected chi connectivity index (χ0v) is 17.1. The summed E-state index contributed by atoms with van der Waals surface area (Å²) in [6.45, 7) is 3.35. The van der Waals surface area contributed by atoms with Gasteiger partial charge in [-0.1, -0.05) is 13.0 Å². The number of pyridine rings is 1. The molecule has 1 saturated heterocycles. The van der Waals surface area contributed by atoms with Crippen LogP contribution in [0.25, 0.3) is 11.1 Å². The Hall–Kier alpha value is -2.89. The monoisotopic (exact) mass is 393 g/mol. The van der Waals surface area contributed by atoms with Crippen molar-refractivity contribution in [3.05, 3.63) is 42.2 Å². The van der Waals surface area contributed by atoms with E-state index < -0.39 is 0 Å². The highest BCUT2D eigenvalue weighted by atomic mass is 16.5. The SMILES string of the molecule is CCC(=O)N1CCCC(Oc2cncc(-c3ccc4c(c3)CCC(=O)N4C)c2)C1. The number of piperidine rings is 1. The second kappa shape index (κ2) is 8.23. The molecular formula is C23H27N3O3. The van der Waals surface area contributed by atoms with Gasteiger partial charge in [0.15, 0.2) is 0 Å². The van der Waals surface area contributed by atoms with Crippen molar-refractivity contribution in [2.75, 3.05) is 25.0 Å². The fraction of sp³-hybridized carbons (Fsp3) is 0.435. The van der Waals surface area contributed by atoms with Crippen LogP contribution in [0, 0.1) is 0 Å². The lowest BCUT2D eigenvalue weighted by molar-refractivity contribution is -0.133. The Morgan fingerprint density at radius 1 is 1.21 bits per heavy atom. The topological polar surface area (TPSA) is 62.7 Å². The fourth-order valence-electron chi connectivity index (χ4n) is 4.15. The molecule has 0 spiro atoms. The van der Waals surface area contributed by atoms with Crippen LogP contribution in [0.3, 0.4) is 0 Å². The first-order chi connectivity index (χ1) is 14.0. The summed E-state index contributed by atoms with van der Waals surface area (Å²) in [5.41, 5.74) is 4.21. The Balaban J connectivity index is 1.51. The average Bonchev–Trinajstić information content (AvgIpc) is 2.76. The van der Waals surface area contributed by atoms with Gasteiger partial charge in [-0.25, -0.2) is 0 Å². The highest BCUT2D eigenvalue weighted by molar-refractivity contribution is 5.96. The molecule has 0 radical (unpaired) electrons. The van der Waals surface area contributed by atoms with E-state index in [1.54, 1.807) is 11.1 Å². The fourth-order valence-corrected chi connectivity index (χ4v) is 4.15. The number of anilines is 1. The van der Waals surface area contributed by atoms with Crippen LogP contribution in [0.5, 0.6) is 5.75 Å². The van der Waals surface area contributed by atoms with Gasteiger partial charge in [0.05, 0.1) is 12.7 Å². The van der Waals surface area contributed by atoms with Gasteiger partial charge in [-0.05, 0) is 48.6 Å². The Morgan fingerprint density at radius 2 is 2.07 bits per heavy atom. The Kier molecular flexibility index (Phi) is 5.51. The lowest BCUT2D eigenvalue weighted by atomic mass is 9.97. The average molecular weight is 393 g/mol. The van der Waals surface area contributed by atoms with E-state index in [4.69, 9.17) is 4.74 Å². The number of rotatable bonds is 4. The van der Waals surface area contributed by atoms with Gasteiger partial charge < -0.3 is 14.5 Å². The number of fused-ring (bicyclic) bond motifs is 1. The van der Waals surface area contributed by atoms with Gasteiger partial charge >= 0.3 is 0 Å². The van der Waals surface area contributed by atoms with E-state index >= 15 is 0 Å². The molecule has 1 aromatic heterocycles. The maximum Gasteiger partial charge on any atom is 0.227 e. The summed E-state index contributed by atoms with van der Waals surface area (Å²) >= 11 is 0. The largest absolute Gasteiger partial charge is 0.487 e. The van der Waals surface area contributed by atoms with E-state index in [2.05, 4.69) is 11.1 Å². The predicted molar refractivity (Wildman–Crippen MR) is 112 cm³/mol. The number of benzene rings is 1. The number of likely N-dealkylation sites (tertiary alicyclic amines) is 1. The molecular weight excluding hydrogens is 366 g/mol. The second-order valence-corrected chi connectivity index (χ2v) is 7.78. The summed E-state index contributed by atoms with van der Waals surface area (Å²) < 4.78 is 6.18. The van der Waals surface area contributed by atoms with Crippen LogP contribution in [0.4, 0.5) is 5.69 Å². The van der Waals surface area contributed by atoms with E-state index in [1.165, 1.54) is 5.56 Å². The maximum atomic E-state index is 12.0. The molecule has 1 unspecified atom stereocenters. The van der Waals surface area contributed by atoms with Gasteiger partial charge in [0.2, 0.25) is 11.8 Å². The number of carbonyl (C=O) groups excluding carboxylic acids is 2. The van der Waals surface area contributed by atoms with E-state index in [1.807, 2.05) is 43.3 Å². The van der Waals surface area contributed by atoms with Crippen molar-refractivity contribution in [2.24, 2.45) is 0 Å². The third kappa shape index (κ3) is 4.11. The summed E-state index contributed by atoms with van der Waals surface area (Å²) in [5, 5.41) is 0.